The van der Waals surface area contributed by atoms with E-state index in [4.69, 9.17) is 14.2 Å². The lowest BCUT2D eigenvalue weighted by molar-refractivity contribution is -0.0796. The van der Waals surface area contributed by atoms with Crippen LogP contribution in [-0.4, -0.2) is 35.4 Å². The van der Waals surface area contributed by atoms with Crippen molar-refractivity contribution in [3.63, 3.8) is 0 Å². The Morgan fingerprint density at radius 2 is 1.60 bits per heavy atom. The van der Waals surface area contributed by atoms with Crippen molar-refractivity contribution in [3.8, 4) is 5.75 Å². The summed E-state index contributed by atoms with van der Waals surface area (Å²) in [6, 6.07) is 26.8. The lowest BCUT2D eigenvalue weighted by Crippen LogP contribution is -2.38. The van der Waals surface area contributed by atoms with E-state index >= 15 is 0 Å². The largest absolute Gasteiger partial charge is 0.497 e. The number of aromatic nitrogens is 2. The minimum atomic E-state index is -1.04. The molecular formula is C30H29N5O5. The minimum Gasteiger partial charge on any atom is -0.497 e. The highest BCUT2D eigenvalue weighted by molar-refractivity contribution is 5.48. The average Bonchev–Trinajstić information content (AvgIpc) is 3.39. The Kier molecular flexibility index (Phi) is 7.84. The maximum atomic E-state index is 12.6. The van der Waals surface area contributed by atoms with Crippen LogP contribution in [0.2, 0.25) is 0 Å². The molecule has 1 aromatic heterocycles. The molecule has 204 valence electrons. The average molecular weight is 540 g/mol. The molecule has 1 aliphatic rings. The molecule has 40 heavy (non-hydrogen) atoms. The normalized spacial score (nSPS) is 18.7. The number of aryl methyl sites for hydroxylation is 1. The van der Waals surface area contributed by atoms with Gasteiger partial charge in [0.1, 0.15) is 17.6 Å². The lowest BCUT2D eigenvalue weighted by Gasteiger charge is -2.37. The molecule has 0 amide bonds. The lowest BCUT2D eigenvalue weighted by atomic mass is 9.80. The molecule has 0 saturated carbocycles. The fourth-order valence-electron chi connectivity index (χ4n) is 5.15. The monoisotopic (exact) mass is 539 g/mol. The van der Waals surface area contributed by atoms with Crippen LogP contribution < -0.4 is 16.0 Å². The maximum Gasteiger partial charge on any atom is 0.330 e. The third-order valence-electron chi connectivity index (χ3n) is 7.18. The summed E-state index contributed by atoms with van der Waals surface area (Å²) in [6.07, 6.45) is 0.300. The molecular weight excluding hydrogens is 510 g/mol. The molecule has 3 aromatic carbocycles. The van der Waals surface area contributed by atoms with E-state index < -0.39 is 35.2 Å². The molecule has 0 spiro atoms. The van der Waals surface area contributed by atoms with Crippen molar-refractivity contribution in [1.82, 2.24) is 9.55 Å². The van der Waals surface area contributed by atoms with Crippen molar-refractivity contribution in [2.24, 2.45) is 5.11 Å². The van der Waals surface area contributed by atoms with Crippen LogP contribution in [0.5, 0.6) is 5.75 Å². The Balaban J connectivity index is 1.56. The smallest absolute Gasteiger partial charge is 0.330 e. The number of hydrogen-bond acceptors (Lipinski definition) is 6. The van der Waals surface area contributed by atoms with Crippen molar-refractivity contribution < 1.29 is 14.2 Å². The quantitative estimate of drug-likeness (QED) is 0.141. The number of H-pyrrole nitrogens is 1. The zero-order valence-corrected chi connectivity index (χ0v) is 22.1. The van der Waals surface area contributed by atoms with Crippen LogP contribution in [0.4, 0.5) is 0 Å². The van der Waals surface area contributed by atoms with Gasteiger partial charge in [-0.3, -0.25) is 14.3 Å². The van der Waals surface area contributed by atoms with Crippen molar-refractivity contribution in [2.45, 2.75) is 37.3 Å². The molecule has 1 saturated heterocycles. The van der Waals surface area contributed by atoms with Gasteiger partial charge in [-0.2, -0.15) is 0 Å². The second-order valence-corrected chi connectivity index (χ2v) is 9.57. The summed E-state index contributed by atoms with van der Waals surface area (Å²) in [6.45, 7) is 1.66. The summed E-state index contributed by atoms with van der Waals surface area (Å²) in [5.41, 5.74) is 10.2. The molecule has 1 fully saturated rings. The topological polar surface area (TPSA) is 131 Å². The standard InChI is InChI=1S/C30H29N5O5/c1-20-18-35(29(37)32-28(20)36)27-17-25(33-34-31)26(40-27)19-39-30(21-9-5-3-6-10-21,22-11-7-4-8-12-22)23-13-15-24(38-2)16-14-23/h3-16,18,25-27H,17,19H2,1-2H3,(H,32,36,37)/t25-,26-,27+/m0/s1. The van der Waals surface area contributed by atoms with Crippen molar-refractivity contribution in [3.05, 3.63) is 145 Å². The Morgan fingerprint density at radius 1 is 1.00 bits per heavy atom. The first-order chi connectivity index (χ1) is 19.5. The van der Waals surface area contributed by atoms with Gasteiger partial charge < -0.3 is 14.2 Å². The molecule has 2 heterocycles. The Bertz CT molecular complexity index is 1570. The van der Waals surface area contributed by atoms with Gasteiger partial charge >= 0.3 is 5.69 Å². The molecule has 4 aromatic rings. The minimum absolute atomic E-state index is 0.0487. The molecule has 0 aliphatic carbocycles. The van der Waals surface area contributed by atoms with E-state index in [2.05, 4.69) is 15.0 Å². The van der Waals surface area contributed by atoms with Gasteiger partial charge in [0, 0.05) is 23.1 Å². The predicted octanol–water partition coefficient (Wildman–Crippen LogP) is 4.83. The van der Waals surface area contributed by atoms with Crippen LogP contribution in [0.25, 0.3) is 10.4 Å². The first-order valence-corrected chi connectivity index (χ1v) is 12.9. The first kappa shape index (κ1) is 27.0. The van der Waals surface area contributed by atoms with Gasteiger partial charge in [-0.25, -0.2) is 4.79 Å². The highest BCUT2D eigenvalue weighted by Gasteiger charge is 2.42. The fourth-order valence-corrected chi connectivity index (χ4v) is 5.15. The summed E-state index contributed by atoms with van der Waals surface area (Å²) in [5.74, 6) is 0.714. The van der Waals surface area contributed by atoms with Crippen molar-refractivity contribution in [2.75, 3.05) is 13.7 Å². The van der Waals surface area contributed by atoms with E-state index in [0.29, 0.717) is 11.3 Å². The van der Waals surface area contributed by atoms with Gasteiger partial charge in [-0.1, -0.05) is 77.9 Å². The molecule has 5 rings (SSSR count). The summed E-state index contributed by atoms with van der Waals surface area (Å²) >= 11 is 0. The zero-order chi connectivity index (χ0) is 28.1. The fraction of sp³-hybridized carbons (Fsp3) is 0.267. The number of hydrogen-bond donors (Lipinski definition) is 1. The van der Waals surface area contributed by atoms with E-state index in [1.807, 2.05) is 84.9 Å². The Labute approximate surface area is 230 Å². The number of rotatable bonds is 9. The van der Waals surface area contributed by atoms with Crippen molar-refractivity contribution in [1.29, 1.82) is 0 Å². The van der Waals surface area contributed by atoms with Crippen molar-refractivity contribution >= 4 is 0 Å². The number of nitrogens with zero attached hydrogens (tertiary/aromatic N) is 4. The number of nitrogens with one attached hydrogen (secondary N) is 1. The highest BCUT2D eigenvalue weighted by atomic mass is 16.6. The maximum absolute atomic E-state index is 12.6. The van der Waals surface area contributed by atoms with Gasteiger partial charge in [0.15, 0.2) is 0 Å². The molecule has 0 bridgehead atoms. The second-order valence-electron chi connectivity index (χ2n) is 9.57. The Hall–Kier alpha value is -4.63. The molecule has 10 heteroatoms. The molecule has 0 unspecified atom stereocenters. The number of azide groups is 1. The SMILES string of the molecule is COc1ccc(C(OC[C@@H]2O[C@@H](n3cc(C)c(=O)[nH]c3=O)C[C@@H]2N=[N+]=[N-])(c2ccccc2)c2ccccc2)cc1. The molecule has 1 aliphatic heterocycles. The Morgan fingerprint density at radius 3 is 2.17 bits per heavy atom. The van der Waals surface area contributed by atoms with Gasteiger partial charge in [0.25, 0.3) is 5.56 Å². The van der Waals surface area contributed by atoms with E-state index in [9.17, 15) is 15.1 Å². The van der Waals surface area contributed by atoms with Gasteiger partial charge in [0.05, 0.1) is 25.9 Å². The van der Waals surface area contributed by atoms with Crippen LogP contribution in [0.3, 0.4) is 0 Å². The van der Waals surface area contributed by atoms with Crippen LogP contribution in [-0.2, 0) is 15.1 Å². The van der Waals surface area contributed by atoms with Gasteiger partial charge in [-0.15, -0.1) is 0 Å². The van der Waals surface area contributed by atoms with Crippen LogP contribution in [0.1, 0.15) is 34.9 Å². The van der Waals surface area contributed by atoms with E-state index in [0.717, 1.165) is 16.7 Å². The molecule has 10 nitrogen and oxygen atoms in total. The summed E-state index contributed by atoms with van der Waals surface area (Å²) in [5, 5.41) is 3.96. The third kappa shape index (κ3) is 5.15. The number of ether oxygens (including phenoxy) is 3. The second kappa shape index (κ2) is 11.6. The summed E-state index contributed by atoms with van der Waals surface area (Å²) in [7, 11) is 1.62. The summed E-state index contributed by atoms with van der Waals surface area (Å²) in [4.78, 5) is 29.8. The van der Waals surface area contributed by atoms with Crippen LogP contribution >= 0.6 is 0 Å². The van der Waals surface area contributed by atoms with Crippen LogP contribution in [0, 0.1) is 6.92 Å². The van der Waals surface area contributed by atoms with Gasteiger partial charge in [0.2, 0.25) is 0 Å². The van der Waals surface area contributed by atoms with Crippen LogP contribution in [0.15, 0.2) is 106 Å². The third-order valence-corrected chi connectivity index (χ3v) is 7.18. The number of benzene rings is 3. The molecule has 1 N–H and O–H groups in total. The first-order valence-electron chi connectivity index (χ1n) is 12.9. The molecule has 3 atom stereocenters. The molecule has 0 radical (unpaired) electrons. The number of aromatic amines is 1. The highest BCUT2D eigenvalue weighted by Crippen LogP contribution is 2.42. The predicted molar refractivity (Wildman–Crippen MR) is 149 cm³/mol. The van der Waals surface area contributed by atoms with E-state index in [1.54, 1.807) is 14.0 Å². The van der Waals surface area contributed by atoms with Gasteiger partial charge in [-0.05, 0) is 41.3 Å². The van der Waals surface area contributed by atoms with E-state index in [-0.39, 0.29) is 13.0 Å². The summed E-state index contributed by atoms with van der Waals surface area (Å²) < 4.78 is 19.9. The zero-order valence-electron chi connectivity index (χ0n) is 22.1. The number of methoxy groups -OCH3 is 1. The van der Waals surface area contributed by atoms with E-state index in [1.165, 1.54) is 10.8 Å².